The number of rotatable bonds is 3. The fourth-order valence-corrected chi connectivity index (χ4v) is 2.72. The Balaban J connectivity index is 1.98. The number of hydrogen-bond acceptors (Lipinski definition) is 5. The van der Waals surface area contributed by atoms with Crippen molar-refractivity contribution < 1.29 is 4.79 Å². The Kier molecular flexibility index (Phi) is 3.93. The lowest BCUT2D eigenvalue weighted by Crippen LogP contribution is -2.26. The summed E-state index contributed by atoms with van der Waals surface area (Å²) in [4.78, 5) is 26.8. The number of benzene rings is 1. The number of aromatic nitrogens is 3. The van der Waals surface area contributed by atoms with Crippen LogP contribution in [0.5, 0.6) is 0 Å². The molecule has 0 aliphatic heterocycles. The molecule has 1 aromatic carbocycles. The molecule has 0 atom stereocenters. The Morgan fingerprint density at radius 2 is 2.05 bits per heavy atom. The third-order valence-electron chi connectivity index (χ3n) is 3.34. The van der Waals surface area contributed by atoms with Crippen LogP contribution >= 0.6 is 11.3 Å². The van der Waals surface area contributed by atoms with Crippen molar-refractivity contribution in [3.8, 4) is 11.3 Å². The second-order valence-electron chi connectivity index (χ2n) is 4.80. The van der Waals surface area contributed by atoms with E-state index in [0.717, 1.165) is 16.8 Å². The summed E-state index contributed by atoms with van der Waals surface area (Å²) in [6.07, 6.45) is 6.63. The number of thiazole rings is 1. The first-order valence-corrected chi connectivity index (χ1v) is 7.59. The Hall–Kier alpha value is -2.60. The van der Waals surface area contributed by atoms with Crippen molar-refractivity contribution in [2.45, 2.75) is 6.92 Å². The van der Waals surface area contributed by atoms with Crippen LogP contribution < -0.4 is 4.90 Å². The topological polar surface area (TPSA) is 59.0 Å². The predicted octanol–water partition coefficient (Wildman–Crippen LogP) is 3.19. The van der Waals surface area contributed by atoms with Crippen LogP contribution in [-0.2, 0) is 0 Å². The van der Waals surface area contributed by atoms with Crippen molar-refractivity contribution >= 4 is 22.4 Å². The Labute approximate surface area is 132 Å². The molecule has 3 rings (SSSR count). The number of nitrogens with zero attached hydrogens (tertiary/aromatic N) is 4. The lowest BCUT2D eigenvalue weighted by Gasteiger charge is -2.16. The number of hydrogen-bond donors (Lipinski definition) is 0. The van der Waals surface area contributed by atoms with E-state index < -0.39 is 0 Å². The van der Waals surface area contributed by atoms with Crippen molar-refractivity contribution in [2.75, 3.05) is 11.9 Å². The van der Waals surface area contributed by atoms with Gasteiger partial charge in [0.2, 0.25) is 0 Å². The quantitative estimate of drug-likeness (QED) is 0.745. The second kappa shape index (κ2) is 6.03. The smallest absolute Gasteiger partial charge is 0.260 e. The summed E-state index contributed by atoms with van der Waals surface area (Å²) in [6.45, 7) is 1.92. The van der Waals surface area contributed by atoms with E-state index >= 15 is 0 Å². The molecule has 5 nitrogen and oxygen atoms in total. The van der Waals surface area contributed by atoms with Gasteiger partial charge in [0.05, 0.1) is 11.9 Å². The third kappa shape index (κ3) is 2.73. The Morgan fingerprint density at radius 3 is 2.73 bits per heavy atom. The molecule has 1 amide bonds. The first-order valence-electron chi connectivity index (χ1n) is 6.71. The summed E-state index contributed by atoms with van der Waals surface area (Å²) < 4.78 is 0. The molecule has 0 saturated carbocycles. The summed E-state index contributed by atoms with van der Waals surface area (Å²) in [5.41, 5.74) is 3.17. The van der Waals surface area contributed by atoms with Gasteiger partial charge in [0.1, 0.15) is 0 Å². The van der Waals surface area contributed by atoms with Crippen molar-refractivity contribution in [1.82, 2.24) is 15.0 Å². The van der Waals surface area contributed by atoms with Crippen LogP contribution in [0.2, 0.25) is 0 Å². The molecule has 110 valence electrons. The molecular formula is C16H14N4OS. The molecule has 2 heterocycles. The second-order valence-corrected chi connectivity index (χ2v) is 5.67. The van der Waals surface area contributed by atoms with Crippen LogP contribution in [0, 0.1) is 6.92 Å². The van der Waals surface area contributed by atoms with Gasteiger partial charge in [-0.3, -0.25) is 19.7 Å². The highest BCUT2D eigenvalue weighted by Crippen LogP contribution is 2.23. The summed E-state index contributed by atoms with van der Waals surface area (Å²) in [5, 5.41) is 2.52. The highest BCUT2D eigenvalue weighted by Gasteiger charge is 2.18. The molecule has 2 aromatic heterocycles. The minimum absolute atomic E-state index is 0.0850. The molecule has 3 aromatic rings. The van der Waals surface area contributed by atoms with Gasteiger partial charge in [-0.25, -0.2) is 4.98 Å². The molecule has 0 radical (unpaired) electrons. The molecule has 0 bridgehead atoms. The molecule has 6 heteroatoms. The third-order valence-corrected chi connectivity index (χ3v) is 4.19. The summed E-state index contributed by atoms with van der Waals surface area (Å²) in [5.74, 6) is -0.0850. The van der Waals surface area contributed by atoms with E-state index in [1.807, 2.05) is 30.5 Å². The Bertz CT molecular complexity index is 787. The fraction of sp³-hybridized carbons (Fsp3) is 0.125. The van der Waals surface area contributed by atoms with E-state index in [2.05, 4.69) is 15.0 Å². The minimum atomic E-state index is -0.0850. The average Bonchev–Trinajstić information content (AvgIpc) is 3.09. The largest absolute Gasteiger partial charge is 0.287 e. The van der Waals surface area contributed by atoms with Crippen LogP contribution in [0.4, 0.5) is 5.13 Å². The van der Waals surface area contributed by atoms with Gasteiger partial charge in [-0.05, 0) is 18.6 Å². The van der Waals surface area contributed by atoms with E-state index in [0.29, 0.717) is 10.7 Å². The van der Waals surface area contributed by atoms with E-state index in [1.54, 1.807) is 36.7 Å². The van der Waals surface area contributed by atoms with Crippen molar-refractivity contribution in [1.29, 1.82) is 0 Å². The standard InChI is InChI=1S/C16H14N4OS/c1-11-3-4-12(14-10-17-5-6-18-14)9-13(11)15(21)20(2)16-19-7-8-22-16/h3-10H,1-2H3. The maximum atomic E-state index is 12.7. The first kappa shape index (κ1) is 14.3. The lowest BCUT2D eigenvalue weighted by molar-refractivity contribution is 0.0992. The van der Waals surface area contributed by atoms with E-state index in [1.165, 1.54) is 11.3 Å². The minimum Gasteiger partial charge on any atom is -0.287 e. The zero-order chi connectivity index (χ0) is 15.5. The molecule has 0 unspecified atom stereocenters. The van der Waals surface area contributed by atoms with Crippen molar-refractivity contribution in [2.24, 2.45) is 0 Å². The van der Waals surface area contributed by atoms with Crippen LogP contribution in [0.15, 0.2) is 48.4 Å². The molecule has 0 aliphatic rings. The normalized spacial score (nSPS) is 10.5. The van der Waals surface area contributed by atoms with Gasteiger partial charge >= 0.3 is 0 Å². The van der Waals surface area contributed by atoms with Gasteiger partial charge in [-0.15, -0.1) is 11.3 Å². The zero-order valence-corrected chi connectivity index (χ0v) is 13.0. The van der Waals surface area contributed by atoms with Crippen molar-refractivity contribution in [3.05, 3.63) is 59.5 Å². The Morgan fingerprint density at radius 1 is 1.18 bits per heavy atom. The van der Waals surface area contributed by atoms with Gasteiger partial charge < -0.3 is 0 Å². The first-order chi connectivity index (χ1) is 10.7. The predicted molar refractivity (Wildman–Crippen MR) is 87.1 cm³/mol. The monoisotopic (exact) mass is 310 g/mol. The maximum absolute atomic E-state index is 12.7. The highest BCUT2D eigenvalue weighted by atomic mass is 32.1. The highest BCUT2D eigenvalue weighted by molar-refractivity contribution is 7.13. The number of amides is 1. The average molecular weight is 310 g/mol. The van der Waals surface area contributed by atoms with Crippen molar-refractivity contribution in [3.63, 3.8) is 0 Å². The molecule has 0 aliphatic carbocycles. The van der Waals surface area contributed by atoms with Crippen LogP contribution in [0.1, 0.15) is 15.9 Å². The molecule has 0 fully saturated rings. The maximum Gasteiger partial charge on any atom is 0.260 e. The van der Waals surface area contributed by atoms with E-state index in [9.17, 15) is 4.79 Å². The summed E-state index contributed by atoms with van der Waals surface area (Å²) in [7, 11) is 1.73. The fourth-order valence-electron chi connectivity index (χ4n) is 2.11. The van der Waals surface area contributed by atoms with Crippen LogP contribution in [-0.4, -0.2) is 27.9 Å². The van der Waals surface area contributed by atoms with E-state index in [-0.39, 0.29) is 5.91 Å². The molecule has 0 spiro atoms. The van der Waals surface area contributed by atoms with E-state index in [4.69, 9.17) is 0 Å². The van der Waals surface area contributed by atoms with Gasteiger partial charge in [-0.1, -0.05) is 12.1 Å². The number of carbonyl (C=O) groups is 1. The van der Waals surface area contributed by atoms with Gasteiger partial charge in [0, 0.05) is 42.1 Å². The molecule has 0 saturated heterocycles. The van der Waals surface area contributed by atoms with Gasteiger partial charge in [0.15, 0.2) is 5.13 Å². The lowest BCUT2D eigenvalue weighted by atomic mass is 10.0. The number of carbonyl (C=O) groups excluding carboxylic acids is 1. The summed E-state index contributed by atoms with van der Waals surface area (Å²) in [6, 6.07) is 5.72. The SMILES string of the molecule is Cc1ccc(-c2cnccn2)cc1C(=O)N(C)c1nccs1. The molecule has 0 N–H and O–H groups in total. The van der Waals surface area contributed by atoms with Gasteiger partial charge in [0.25, 0.3) is 5.91 Å². The van der Waals surface area contributed by atoms with Gasteiger partial charge in [-0.2, -0.15) is 0 Å². The van der Waals surface area contributed by atoms with Crippen LogP contribution in [0.3, 0.4) is 0 Å². The zero-order valence-electron chi connectivity index (χ0n) is 12.2. The number of anilines is 1. The summed E-state index contributed by atoms with van der Waals surface area (Å²) >= 11 is 1.43. The number of aryl methyl sites for hydroxylation is 1. The molecular weight excluding hydrogens is 296 g/mol. The molecule has 22 heavy (non-hydrogen) atoms. The van der Waals surface area contributed by atoms with Crippen LogP contribution in [0.25, 0.3) is 11.3 Å².